The molecule has 6 heteroatoms. The van der Waals surface area contributed by atoms with Crippen molar-refractivity contribution in [2.45, 2.75) is 25.6 Å². The Bertz CT molecular complexity index is 405. The number of hydrogen-bond donors (Lipinski definition) is 1. The molecular weight excluding hydrogens is 309 g/mol. The Morgan fingerprint density at radius 1 is 1.39 bits per heavy atom. The van der Waals surface area contributed by atoms with Crippen LogP contribution in [0.15, 0.2) is 22.7 Å². The molecule has 0 amide bonds. The Kier molecular flexibility index (Phi) is 5.04. The second-order valence-corrected chi connectivity index (χ2v) is 5.14. The van der Waals surface area contributed by atoms with Gasteiger partial charge in [-0.25, -0.2) is 0 Å². The van der Waals surface area contributed by atoms with E-state index in [2.05, 4.69) is 15.9 Å². The van der Waals surface area contributed by atoms with Crippen molar-refractivity contribution in [1.82, 2.24) is 0 Å². The average molecular weight is 325 g/mol. The summed E-state index contributed by atoms with van der Waals surface area (Å²) in [5, 5.41) is 0. The SMILES string of the molecule is CC(N)c1ccc(N(C)CCC(F)(F)F)cc1Br. The first-order chi connectivity index (χ1) is 8.20. The summed E-state index contributed by atoms with van der Waals surface area (Å²) in [6, 6.07) is 5.28. The lowest BCUT2D eigenvalue weighted by Crippen LogP contribution is -2.24. The van der Waals surface area contributed by atoms with Crippen LogP contribution in [-0.4, -0.2) is 19.8 Å². The minimum absolute atomic E-state index is 0.0620. The zero-order valence-electron chi connectivity index (χ0n) is 10.3. The van der Waals surface area contributed by atoms with Gasteiger partial charge in [-0.05, 0) is 24.6 Å². The quantitative estimate of drug-likeness (QED) is 0.911. The van der Waals surface area contributed by atoms with Crippen molar-refractivity contribution in [1.29, 1.82) is 0 Å². The van der Waals surface area contributed by atoms with Gasteiger partial charge in [0.25, 0.3) is 0 Å². The van der Waals surface area contributed by atoms with Crippen LogP contribution in [0.5, 0.6) is 0 Å². The van der Waals surface area contributed by atoms with E-state index in [0.717, 1.165) is 15.7 Å². The van der Waals surface area contributed by atoms with Gasteiger partial charge >= 0.3 is 6.18 Å². The second kappa shape index (κ2) is 5.93. The predicted octanol–water partition coefficient (Wildman–Crippen LogP) is 3.86. The third-order valence-electron chi connectivity index (χ3n) is 2.65. The fourth-order valence-electron chi connectivity index (χ4n) is 1.55. The molecule has 0 spiro atoms. The van der Waals surface area contributed by atoms with Crippen LogP contribution in [0.25, 0.3) is 0 Å². The van der Waals surface area contributed by atoms with Gasteiger partial charge in [0.2, 0.25) is 0 Å². The summed E-state index contributed by atoms with van der Waals surface area (Å²) in [6.45, 7) is 1.79. The van der Waals surface area contributed by atoms with E-state index in [4.69, 9.17) is 5.73 Å². The van der Waals surface area contributed by atoms with Gasteiger partial charge in [0.15, 0.2) is 0 Å². The molecule has 0 saturated carbocycles. The number of benzene rings is 1. The van der Waals surface area contributed by atoms with Gasteiger partial charge < -0.3 is 10.6 Å². The molecule has 1 unspecified atom stereocenters. The molecule has 0 aliphatic heterocycles. The third-order valence-corrected chi connectivity index (χ3v) is 3.33. The molecule has 0 fully saturated rings. The molecule has 0 aliphatic rings. The van der Waals surface area contributed by atoms with Crippen molar-refractivity contribution in [3.8, 4) is 0 Å². The van der Waals surface area contributed by atoms with Crippen LogP contribution >= 0.6 is 15.9 Å². The second-order valence-electron chi connectivity index (χ2n) is 4.28. The van der Waals surface area contributed by atoms with E-state index in [1.54, 1.807) is 24.1 Å². The van der Waals surface area contributed by atoms with E-state index in [0.29, 0.717) is 0 Å². The van der Waals surface area contributed by atoms with Gasteiger partial charge in [-0.3, -0.25) is 0 Å². The van der Waals surface area contributed by atoms with Crippen molar-refractivity contribution in [2.24, 2.45) is 5.73 Å². The zero-order valence-corrected chi connectivity index (χ0v) is 11.8. The molecule has 1 rings (SSSR count). The van der Waals surface area contributed by atoms with Gasteiger partial charge in [0.05, 0.1) is 6.42 Å². The summed E-state index contributed by atoms with van der Waals surface area (Å²) < 4.78 is 37.2. The lowest BCUT2D eigenvalue weighted by atomic mass is 10.1. The van der Waals surface area contributed by atoms with E-state index < -0.39 is 12.6 Å². The average Bonchev–Trinajstić information content (AvgIpc) is 2.24. The summed E-state index contributed by atoms with van der Waals surface area (Å²) in [5.41, 5.74) is 7.43. The van der Waals surface area contributed by atoms with Gasteiger partial charge in [-0.1, -0.05) is 22.0 Å². The third kappa shape index (κ3) is 4.49. The van der Waals surface area contributed by atoms with Gasteiger partial charge in [-0.15, -0.1) is 0 Å². The maximum Gasteiger partial charge on any atom is 0.390 e. The number of hydrogen-bond acceptors (Lipinski definition) is 2. The molecular formula is C12H16BrF3N2. The minimum atomic E-state index is -4.13. The topological polar surface area (TPSA) is 29.3 Å². The summed E-state index contributed by atoms with van der Waals surface area (Å²) in [6.07, 6.45) is -4.95. The number of alkyl halides is 3. The van der Waals surface area contributed by atoms with Crippen LogP contribution in [0.3, 0.4) is 0 Å². The fraction of sp³-hybridized carbons (Fsp3) is 0.500. The van der Waals surface area contributed by atoms with Crippen LogP contribution < -0.4 is 10.6 Å². The molecule has 18 heavy (non-hydrogen) atoms. The highest BCUT2D eigenvalue weighted by molar-refractivity contribution is 9.10. The van der Waals surface area contributed by atoms with Crippen LogP contribution in [0.4, 0.5) is 18.9 Å². The zero-order chi connectivity index (χ0) is 13.9. The van der Waals surface area contributed by atoms with Gasteiger partial charge in [-0.2, -0.15) is 13.2 Å². The smallest absolute Gasteiger partial charge is 0.374 e. The first-order valence-electron chi connectivity index (χ1n) is 5.53. The molecule has 1 aromatic rings. The summed E-state index contributed by atoms with van der Waals surface area (Å²) in [7, 11) is 1.64. The normalized spacial score (nSPS) is 13.5. The van der Waals surface area contributed by atoms with Crippen molar-refractivity contribution in [3.63, 3.8) is 0 Å². The van der Waals surface area contributed by atoms with E-state index in [1.807, 2.05) is 13.0 Å². The van der Waals surface area contributed by atoms with E-state index in [1.165, 1.54) is 0 Å². The van der Waals surface area contributed by atoms with Crippen LogP contribution in [0.2, 0.25) is 0 Å². The van der Waals surface area contributed by atoms with Gasteiger partial charge in [0.1, 0.15) is 0 Å². The van der Waals surface area contributed by atoms with Crippen LogP contribution in [0, 0.1) is 0 Å². The molecule has 2 N–H and O–H groups in total. The van der Waals surface area contributed by atoms with Gasteiger partial charge in [0, 0.05) is 29.8 Å². The Labute approximate surface area is 113 Å². The summed E-state index contributed by atoms with van der Waals surface area (Å²) in [4.78, 5) is 1.57. The molecule has 0 aromatic heterocycles. The number of nitrogens with zero attached hydrogens (tertiary/aromatic N) is 1. The maximum atomic E-state index is 12.1. The van der Waals surface area contributed by atoms with Crippen LogP contribution in [-0.2, 0) is 0 Å². The van der Waals surface area contributed by atoms with Crippen molar-refractivity contribution < 1.29 is 13.2 Å². The Hall–Kier alpha value is -0.750. The van der Waals surface area contributed by atoms with E-state index >= 15 is 0 Å². The first-order valence-corrected chi connectivity index (χ1v) is 6.33. The number of halogens is 4. The van der Waals surface area contributed by atoms with Crippen molar-refractivity contribution in [3.05, 3.63) is 28.2 Å². The molecule has 0 bridgehead atoms. The number of nitrogens with two attached hydrogens (primary N) is 1. The first kappa shape index (κ1) is 15.3. The maximum absolute atomic E-state index is 12.1. The molecule has 2 nitrogen and oxygen atoms in total. The van der Waals surface area contributed by atoms with E-state index in [-0.39, 0.29) is 12.6 Å². The lowest BCUT2D eigenvalue weighted by molar-refractivity contribution is -0.132. The molecule has 0 heterocycles. The minimum Gasteiger partial charge on any atom is -0.374 e. The Balaban J connectivity index is 2.75. The summed E-state index contributed by atoms with van der Waals surface area (Å²) >= 11 is 3.38. The molecule has 102 valence electrons. The standard InChI is InChI=1S/C12H16BrF3N2/c1-8(17)10-4-3-9(7-11(10)13)18(2)6-5-12(14,15)16/h3-4,7-8H,5-6,17H2,1-2H3. The van der Waals surface area contributed by atoms with Crippen molar-refractivity contribution in [2.75, 3.05) is 18.5 Å². The summed E-state index contributed by atoms with van der Waals surface area (Å²) in [5.74, 6) is 0. The number of rotatable bonds is 4. The molecule has 1 aromatic carbocycles. The number of anilines is 1. The Morgan fingerprint density at radius 3 is 2.44 bits per heavy atom. The predicted molar refractivity (Wildman–Crippen MR) is 70.7 cm³/mol. The largest absolute Gasteiger partial charge is 0.390 e. The molecule has 0 saturated heterocycles. The molecule has 0 radical (unpaired) electrons. The highest BCUT2D eigenvalue weighted by atomic mass is 79.9. The monoisotopic (exact) mass is 324 g/mol. The lowest BCUT2D eigenvalue weighted by Gasteiger charge is -2.21. The van der Waals surface area contributed by atoms with Crippen LogP contribution in [0.1, 0.15) is 24.9 Å². The van der Waals surface area contributed by atoms with Crippen molar-refractivity contribution >= 4 is 21.6 Å². The Morgan fingerprint density at radius 2 is 2.00 bits per heavy atom. The highest BCUT2D eigenvalue weighted by Gasteiger charge is 2.27. The highest BCUT2D eigenvalue weighted by Crippen LogP contribution is 2.28. The van der Waals surface area contributed by atoms with E-state index in [9.17, 15) is 13.2 Å². The molecule has 1 atom stereocenters. The molecule has 0 aliphatic carbocycles. The fourth-order valence-corrected chi connectivity index (χ4v) is 2.27.